The Morgan fingerprint density at radius 3 is 2.72 bits per heavy atom. The molecule has 6 atom stereocenters. The van der Waals surface area contributed by atoms with Crippen molar-refractivity contribution in [1.29, 1.82) is 0 Å². The van der Waals surface area contributed by atoms with E-state index in [4.69, 9.17) is 19.3 Å². The zero-order valence-electron chi connectivity index (χ0n) is 21.7. The number of carboxylic acid groups (broad SMARTS) is 1. The molecule has 0 aromatic carbocycles. The third-order valence-electron chi connectivity index (χ3n) is 9.91. The molecule has 1 saturated heterocycles. The number of ether oxygens (including phenoxy) is 3. The summed E-state index contributed by atoms with van der Waals surface area (Å²) in [6.07, 6.45) is 11.9. The molecule has 1 aliphatic heterocycles. The van der Waals surface area contributed by atoms with Crippen LogP contribution in [0.25, 0.3) is 0 Å². The van der Waals surface area contributed by atoms with E-state index in [0.29, 0.717) is 30.1 Å². The van der Waals surface area contributed by atoms with E-state index in [-0.39, 0.29) is 35.3 Å². The van der Waals surface area contributed by atoms with E-state index in [9.17, 15) is 9.59 Å². The van der Waals surface area contributed by atoms with Crippen molar-refractivity contribution in [3.8, 4) is 5.75 Å². The summed E-state index contributed by atoms with van der Waals surface area (Å²) in [5, 5.41) is 8.93. The summed E-state index contributed by atoms with van der Waals surface area (Å²) in [5.74, 6) is 0.839. The van der Waals surface area contributed by atoms with Gasteiger partial charge in [0.1, 0.15) is 12.3 Å². The molecule has 1 N–H and O–H groups in total. The van der Waals surface area contributed by atoms with Crippen LogP contribution in [0, 0.1) is 28.6 Å². The van der Waals surface area contributed by atoms with Crippen molar-refractivity contribution in [2.75, 3.05) is 13.2 Å². The zero-order chi connectivity index (χ0) is 25.5. The second-order valence-corrected chi connectivity index (χ2v) is 12.1. The number of allylic oxidation sites excluding steroid dienone is 1. The topological polar surface area (TPSA) is 87.0 Å². The maximum atomic E-state index is 12.2. The maximum Gasteiger partial charge on any atom is 0.323 e. The van der Waals surface area contributed by atoms with Gasteiger partial charge in [0.25, 0.3) is 5.56 Å². The monoisotopic (exact) mass is 499 g/mol. The zero-order valence-corrected chi connectivity index (χ0v) is 21.7. The number of hydrogen-bond donors (Lipinski definition) is 1. The van der Waals surface area contributed by atoms with Gasteiger partial charge in [-0.1, -0.05) is 38.8 Å². The summed E-state index contributed by atoms with van der Waals surface area (Å²) in [6.45, 7) is 10.2. The van der Waals surface area contributed by atoms with E-state index in [2.05, 4.69) is 20.4 Å². The molecule has 4 fully saturated rings. The van der Waals surface area contributed by atoms with Crippen LogP contribution < -0.4 is 10.3 Å². The number of rotatable bonds is 7. The Kier molecular flexibility index (Phi) is 7.07. The van der Waals surface area contributed by atoms with Crippen LogP contribution in [0.3, 0.4) is 0 Å². The molecule has 2 heterocycles. The van der Waals surface area contributed by atoms with Crippen molar-refractivity contribution in [2.24, 2.45) is 28.6 Å². The van der Waals surface area contributed by atoms with Crippen LogP contribution in [0.2, 0.25) is 0 Å². The van der Waals surface area contributed by atoms with Crippen molar-refractivity contribution < 1.29 is 24.1 Å². The highest BCUT2D eigenvalue weighted by atomic mass is 16.7. The second kappa shape index (κ2) is 9.97. The van der Waals surface area contributed by atoms with E-state index in [1.165, 1.54) is 43.5 Å². The SMILES string of the molecule is C=C1CCC2[C@]3(C)CO[C@@H](C4CCCC4)O[C@@H]3CC[C@@]2(C)[C@@H]1CCOc1ccn(CC(=O)O)c(=O)c1. The molecule has 3 saturated carbocycles. The highest BCUT2D eigenvalue weighted by Crippen LogP contribution is 2.63. The molecule has 0 radical (unpaired) electrons. The standard InChI is InChI=1S/C29H41NO6/c1-19-8-9-23-28(2,13-10-24-29(23,3)18-35-27(36-24)20-6-4-5-7-20)22(19)12-15-34-21-11-14-30(17-26(32)33)25(31)16-21/h11,14,16,20,22-24,27H,1,4-10,12-13,15,17-18H2,2-3H3,(H,32,33)/t22-,23?,24-,27-,28+,29+/m1/s1. The molecular formula is C29H41NO6. The van der Waals surface area contributed by atoms with Crippen LogP contribution in [0.1, 0.15) is 71.6 Å². The van der Waals surface area contributed by atoms with Crippen LogP contribution in [0.4, 0.5) is 0 Å². The molecule has 5 rings (SSSR count). The molecule has 7 nitrogen and oxygen atoms in total. The molecule has 7 heteroatoms. The lowest BCUT2D eigenvalue weighted by atomic mass is 9.46. The molecule has 0 spiro atoms. The van der Waals surface area contributed by atoms with E-state index in [1.54, 1.807) is 6.07 Å². The summed E-state index contributed by atoms with van der Waals surface area (Å²) < 4.78 is 20.3. The first kappa shape index (κ1) is 25.5. The second-order valence-electron chi connectivity index (χ2n) is 12.1. The Bertz CT molecular complexity index is 1040. The summed E-state index contributed by atoms with van der Waals surface area (Å²) in [6, 6.07) is 3.03. The summed E-state index contributed by atoms with van der Waals surface area (Å²) in [5.41, 5.74) is 1.06. The van der Waals surface area contributed by atoms with Crippen molar-refractivity contribution in [1.82, 2.24) is 4.57 Å². The highest BCUT2D eigenvalue weighted by molar-refractivity contribution is 5.66. The van der Waals surface area contributed by atoms with E-state index >= 15 is 0 Å². The minimum Gasteiger partial charge on any atom is -0.493 e. The quantitative estimate of drug-likeness (QED) is 0.530. The van der Waals surface area contributed by atoms with Gasteiger partial charge in [-0.05, 0) is 68.3 Å². The molecule has 3 aliphatic carbocycles. The Hall–Kier alpha value is -2.12. The number of aliphatic carboxylic acids is 1. The van der Waals surface area contributed by atoms with Gasteiger partial charge in [-0.2, -0.15) is 0 Å². The van der Waals surface area contributed by atoms with Crippen molar-refractivity contribution in [2.45, 2.75) is 90.6 Å². The fourth-order valence-electron chi connectivity index (χ4n) is 8.01. The third kappa shape index (κ3) is 4.65. The summed E-state index contributed by atoms with van der Waals surface area (Å²) >= 11 is 0. The van der Waals surface area contributed by atoms with Crippen LogP contribution in [-0.4, -0.2) is 41.3 Å². The third-order valence-corrected chi connectivity index (χ3v) is 9.91. The minimum absolute atomic E-state index is 0.0105. The van der Waals surface area contributed by atoms with Gasteiger partial charge in [0.05, 0.1) is 19.3 Å². The number of hydrogen-bond acceptors (Lipinski definition) is 5. The molecule has 4 aliphatic rings. The molecule has 1 aromatic heterocycles. The van der Waals surface area contributed by atoms with Gasteiger partial charge in [0.2, 0.25) is 0 Å². The van der Waals surface area contributed by atoms with Gasteiger partial charge >= 0.3 is 5.97 Å². The fourth-order valence-corrected chi connectivity index (χ4v) is 8.01. The van der Waals surface area contributed by atoms with Gasteiger partial charge in [0, 0.05) is 23.6 Å². The lowest BCUT2D eigenvalue weighted by Crippen LogP contribution is -2.62. The van der Waals surface area contributed by atoms with Crippen LogP contribution in [0.15, 0.2) is 35.3 Å². The molecule has 1 unspecified atom stereocenters. The molecule has 0 amide bonds. The normalized spacial score (nSPS) is 36.8. The molecule has 36 heavy (non-hydrogen) atoms. The van der Waals surface area contributed by atoms with Gasteiger partial charge in [-0.15, -0.1) is 0 Å². The first-order valence-corrected chi connectivity index (χ1v) is 13.7. The first-order valence-electron chi connectivity index (χ1n) is 13.7. The Balaban J connectivity index is 1.25. The van der Waals surface area contributed by atoms with Crippen molar-refractivity contribution >= 4 is 5.97 Å². The predicted octanol–water partition coefficient (Wildman–Crippen LogP) is 5.02. The summed E-state index contributed by atoms with van der Waals surface area (Å²) in [4.78, 5) is 23.1. The van der Waals surface area contributed by atoms with E-state index < -0.39 is 5.97 Å². The van der Waals surface area contributed by atoms with E-state index in [0.717, 1.165) is 43.3 Å². The number of fused-ring (bicyclic) bond motifs is 3. The van der Waals surface area contributed by atoms with Crippen LogP contribution >= 0.6 is 0 Å². The Morgan fingerprint density at radius 1 is 1.22 bits per heavy atom. The maximum absolute atomic E-state index is 12.2. The van der Waals surface area contributed by atoms with Gasteiger partial charge in [-0.3, -0.25) is 9.59 Å². The van der Waals surface area contributed by atoms with E-state index in [1.807, 2.05) is 0 Å². The number of carboxylic acids is 1. The minimum atomic E-state index is -1.05. The van der Waals surface area contributed by atoms with Gasteiger partial charge in [-0.25, -0.2) is 0 Å². The van der Waals surface area contributed by atoms with Gasteiger partial charge in [0.15, 0.2) is 6.29 Å². The average molecular weight is 500 g/mol. The predicted molar refractivity (Wildman–Crippen MR) is 136 cm³/mol. The van der Waals surface area contributed by atoms with Gasteiger partial charge < -0.3 is 23.9 Å². The number of nitrogens with zero attached hydrogens (tertiary/aromatic N) is 1. The lowest BCUT2D eigenvalue weighted by molar-refractivity contribution is -0.316. The number of carbonyl (C=O) groups is 1. The van der Waals surface area contributed by atoms with Crippen LogP contribution in [0.5, 0.6) is 5.75 Å². The number of pyridine rings is 1. The Morgan fingerprint density at radius 2 is 2.00 bits per heavy atom. The molecule has 1 aromatic rings. The smallest absolute Gasteiger partial charge is 0.323 e. The van der Waals surface area contributed by atoms with Crippen LogP contribution in [-0.2, 0) is 20.8 Å². The lowest BCUT2D eigenvalue weighted by Gasteiger charge is -2.63. The van der Waals surface area contributed by atoms with Crippen molar-refractivity contribution in [3.63, 3.8) is 0 Å². The molecule has 198 valence electrons. The fraction of sp³-hybridized carbons (Fsp3) is 0.724. The number of aromatic nitrogens is 1. The Labute approximate surface area is 213 Å². The first-order chi connectivity index (χ1) is 17.2. The highest BCUT2D eigenvalue weighted by Gasteiger charge is 2.60. The average Bonchev–Trinajstić information content (AvgIpc) is 3.37. The molecular weight excluding hydrogens is 458 g/mol. The largest absolute Gasteiger partial charge is 0.493 e. The summed E-state index contributed by atoms with van der Waals surface area (Å²) in [7, 11) is 0. The molecule has 0 bridgehead atoms. The van der Waals surface area contributed by atoms with Crippen molar-refractivity contribution in [3.05, 3.63) is 40.8 Å².